The van der Waals surface area contributed by atoms with Gasteiger partial charge in [0.05, 0.1) is 0 Å². The fraction of sp³-hybridized carbons (Fsp3) is 0.579. The Morgan fingerprint density at radius 1 is 1.33 bits per heavy atom. The molecule has 1 atom stereocenters. The van der Waals surface area contributed by atoms with Crippen LogP contribution < -0.4 is 10.1 Å². The summed E-state index contributed by atoms with van der Waals surface area (Å²) in [5, 5.41) is 2.88. The molecule has 2 rings (SSSR count). The summed E-state index contributed by atoms with van der Waals surface area (Å²) >= 11 is 0. The predicted molar refractivity (Wildman–Crippen MR) is 94.1 cm³/mol. The van der Waals surface area contributed by atoms with Crippen LogP contribution in [0.25, 0.3) is 0 Å². The van der Waals surface area contributed by atoms with E-state index in [2.05, 4.69) is 25.2 Å². The minimum absolute atomic E-state index is 0.127. The number of hydrogen-bond acceptors (Lipinski definition) is 3. The Hall–Kier alpha value is -2.04. The Morgan fingerprint density at radius 3 is 2.79 bits per heavy atom. The van der Waals surface area contributed by atoms with Gasteiger partial charge in [-0.3, -0.25) is 9.59 Å². The van der Waals surface area contributed by atoms with Crippen LogP contribution in [-0.4, -0.2) is 42.5 Å². The van der Waals surface area contributed by atoms with Crippen molar-refractivity contribution in [2.45, 2.75) is 52.1 Å². The zero-order valence-electron chi connectivity index (χ0n) is 14.9. The molecule has 2 amide bonds. The van der Waals surface area contributed by atoms with Gasteiger partial charge in [0.2, 0.25) is 5.91 Å². The molecule has 0 aromatic heterocycles. The third kappa shape index (κ3) is 5.25. The maximum atomic E-state index is 12.1. The van der Waals surface area contributed by atoms with Gasteiger partial charge in [-0.25, -0.2) is 0 Å². The molecule has 0 saturated carbocycles. The first kappa shape index (κ1) is 18.3. The second-order valence-electron chi connectivity index (χ2n) is 6.62. The highest BCUT2D eigenvalue weighted by molar-refractivity contribution is 5.80. The molecule has 1 fully saturated rings. The van der Waals surface area contributed by atoms with Crippen molar-refractivity contribution in [3.8, 4) is 5.75 Å². The fourth-order valence-corrected chi connectivity index (χ4v) is 2.77. The number of nitrogens with zero attached hydrogens (tertiary/aromatic N) is 1. The molecule has 1 aromatic rings. The van der Waals surface area contributed by atoms with Gasteiger partial charge in [-0.05, 0) is 43.4 Å². The van der Waals surface area contributed by atoms with Gasteiger partial charge < -0.3 is 15.0 Å². The molecule has 0 radical (unpaired) electrons. The molecule has 1 heterocycles. The van der Waals surface area contributed by atoms with E-state index < -0.39 is 6.10 Å². The van der Waals surface area contributed by atoms with Crippen molar-refractivity contribution in [3.63, 3.8) is 0 Å². The van der Waals surface area contributed by atoms with Crippen molar-refractivity contribution < 1.29 is 14.3 Å². The van der Waals surface area contributed by atoms with Crippen LogP contribution in [0.4, 0.5) is 0 Å². The fourth-order valence-electron chi connectivity index (χ4n) is 2.77. The number of nitrogens with one attached hydrogen (secondary N) is 1. The lowest BCUT2D eigenvalue weighted by atomic mass is 10.0. The van der Waals surface area contributed by atoms with Crippen molar-refractivity contribution in [1.29, 1.82) is 0 Å². The highest BCUT2D eigenvalue weighted by Crippen LogP contribution is 2.21. The SMILES string of the molecule is CC(Oc1cccc(C(C)C)c1)C(=O)NCCCN1CCCC1=O. The minimum Gasteiger partial charge on any atom is -0.481 e. The predicted octanol–water partition coefficient (Wildman–Crippen LogP) is 2.71. The first-order chi connectivity index (χ1) is 11.5. The van der Waals surface area contributed by atoms with Crippen molar-refractivity contribution in [2.75, 3.05) is 19.6 Å². The standard InChI is InChI=1S/C19H28N2O3/c1-14(2)16-7-4-8-17(13-16)24-15(3)19(23)20-10-6-12-21-11-5-9-18(21)22/h4,7-8,13-15H,5-6,9-12H2,1-3H3,(H,20,23). The normalized spacial score (nSPS) is 15.7. The van der Waals surface area contributed by atoms with Crippen LogP contribution in [0.3, 0.4) is 0 Å². The average Bonchev–Trinajstić information content (AvgIpc) is 2.96. The lowest BCUT2D eigenvalue weighted by molar-refractivity contribution is -0.127. The monoisotopic (exact) mass is 332 g/mol. The number of rotatable bonds is 8. The summed E-state index contributed by atoms with van der Waals surface area (Å²) in [6, 6.07) is 7.85. The maximum Gasteiger partial charge on any atom is 0.260 e. The van der Waals surface area contributed by atoms with Gasteiger partial charge in [0, 0.05) is 26.1 Å². The van der Waals surface area contributed by atoms with Gasteiger partial charge in [0.25, 0.3) is 5.91 Å². The highest BCUT2D eigenvalue weighted by Gasteiger charge is 2.19. The molecule has 0 bridgehead atoms. The van der Waals surface area contributed by atoms with Crippen LogP contribution in [0.2, 0.25) is 0 Å². The van der Waals surface area contributed by atoms with Gasteiger partial charge in [0.15, 0.2) is 6.10 Å². The van der Waals surface area contributed by atoms with Gasteiger partial charge in [-0.15, -0.1) is 0 Å². The van der Waals surface area contributed by atoms with Gasteiger partial charge >= 0.3 is 0 Å². The molecule has 1 aliphatic heterocycles. The third-order valence-electron chi connectivity index (χ3n) is 4.28. The van der Waals surface area contributed by atoms with Crippen molar-refractivity contribution >= 4 is 11.8 Å². The van der Waals surface area contributed by atoms with Crippen LogP contribution in [0.1, 0.15) is 51.5 Å². The number of ether oxygens (including phenoxy) is 1. The van der Waals surface area contributed by atoms with Crippen LogP contribution in [-0.2, 0) is 9.59 Å². The number of amides is 2. The summed E-state index contributed by atoms with van der Waals surface area (Å²) in [6.45, 7) is 8.12. The third-order valence-corrected chi connectivity index (χ3v) is 4.28. The van der Waals surface area contributed by atoms with Crippen LogP contribution in [0.15, 0.2) is 24.3 Å². The zero-order valence-corrected chi connectivity index (χ0v) is 14.9. The van der Waals surface area contributed by atoms with E-state index in [1.54, 1.807) is 6.92 Å². The number of likely N-dealkylation sites (tertiary alicyclic amines) is 1. The number of benzene rings is 1. The van der Waals surface area contributed by atoms with Crippen LogP contribution in [0, 0.1) is 0 Å². The highest BCUT2D eigenvalue weighted by atomic mass is 16.5. The van der Waals surface area contributed by atoms with Crippen LogP contribution in [0.5, 0.6) is 5.75 Å². The quantitative estimate of drug-likeness (QED) is 0.745. The molecule has 0 aliphatic carbocycles. The summed E-state index contributed by atoms with van der Waals surface area (Å²) in [7, 11) is 0. The van der Waals surface area contributed by atoms with E-state index in [-0.39, 0.29) is 11.8 Å². The minimum atomic E-state index is -0.541. The zero-order chi connectivity index (χ0) is 17.5. The van der Waals surface area contributed by atoms with E-state index in [1.807, 2.05) is 23.1 Å². The van der Waals surface area contributed by atoms with E-state index in [9.17, 15) is 9.59 Å². The van der Waals surface area contributed by atoms with Gasteiger partial charge in [-0.1, -0.05) is 26.0 Å². The summed E-state index contributed by atoms with van der Waals surface area (Å²) < 4.78 is 5.74. The summed E-state index contributed by atoms with van der Waals surface area (Å²) in [6.07, 6.45) is 1.84. The Bertz CT molecular complexity index is 571. The van der Waals surface area contributed by atoms with Crippen LogP contribution >= 0.6 is 0 Å². The molecule has 24 heavy (non-hydrogen) atoms. The van der Waals surface area contributed by atoms with Gasteiger partial charge in [0.1, 0.15) is 5.75 Å². The Morgan fingerprint density at radius 2 is 2.12 bits per heavy atom. The lowest BCUT2D eigenvalue weighted by Gasteiger charge is -2.17. The largest absolute Gasteiger partial charge is 0.481 e. The molecule has 1 unspecified atom stereocenters. The summed E-state index contributed by atoms with van der Waals surface area (Å²) in [5.74, 6) is 1.23. The Kier molecular flexibility index (Phi) is 6.64. The van der Waals surface area contributed by atoms with E-state index in [1.165, 1.54) is 5.56 Å². The molecular formula is C19H28N2O3. The van der Waals surface area contributed by atoms with Crippen molar-refractivity contribution in [2.24, 2.45) is 0 Å². The molecule has 5 nitrogen and oxygen atoms in total. The average molecular weight is 332 g/mol. The maximum absolute atomic E-state index is 12.1. The lowest BCUT2D eigenvalue weighted by Crippen LogP contribution is -2.38. The Balaban J connectivity index is 1.72. The summed E-state index contributed by atoms with van der Waals surface area (Å²) in [5.41, 5.74) is 1.19. The molecule has 1 aliphatic rings. The molecular weight excluding hydrogens is 304 g/mol. The van der Waals surface area contributed by atoms with E-state index in [0.717, 1.165) is 19.4 Å². The molecule has 1 saturated heterocycles. The first-order valence-electron chi connectivity index (χ1n) is 8.79. The molecule has 1 N–H and O–H groups in total. The van der Waals surface area contributed by atoms with Crippen molar-refractivity contribution in [1.82, 2.24) is 10.2 Å². The first-order valence-corrected chi connectivity index (χ1v) is 8.79. The number of hydrogen-bond donors (Lipinski definition) is 1. The Labute approximate surface area is 144 Å². The molecule has 132 valence electrons. The van der Waals surface area contributed by atoms with E-state index >= 15 is 0 Å². The summed E-state index contributed by atoms with van der Waals surface area (Å²) in [4.78, 5) is 25.5. The van der Waals surface area contributed by atoms with Gasteiger partial charge in [-0.2, -0.15) is 0 Å². The molecule has 0 spiro atoms. The number of carbonyl (C=O) groups excluding carboxylic acids is 2. The second-order valence-corrected chi connectivity index (χ2v) is 6.62. The topological polar surface area (TPSA) is 58.6 Å². The number of carbonyl (C=O) groups is 2. The molecule has 1 aromatic carbocycles. The smallest absolute Gasteiger partial charge is 0.260 e. The van der Waals surface area contributed by atoms with E-state index in [4.69, 9.17) is 4.74 Å². The van der Waals surface area contributed by atoms with Crippen molar-refractivity contribution in [3.05, 3.63) is 29.8 Å². The van der Waals surface area contributed by atoms with E-state index in [0.29, 0.717) is 31.2 Å². The second kappa shape index (κ2) is 8.71. The molecule has 5 heteroatoms.